The van der Waals surface area contributed by atoms with Gasteiger partial charge in [0.25, 0.3) is 5.82 Å². The third-order valence-electron chi connectivity index (χ3n) is 8.12. The molecule has 0 fully saturated rings. The molecule has 0 aliphatic heterocycles. The van der Waals surface area contributed by atoms with Gasteiger partial charge in [-0.3, -0.25) is 0 Å². The van der Waals surface area contributed by atoms with Crippen molar-refractivity contribution in [3.63, 3.8) is 0 Å². The fourth-order valence-corrected chi connectivity index (χ4v) is 5.75. The number of hydrogen-bond donors (Lipinski definition) is 0. The molecule has 2 nitrogen and oxygen atoms in total. The summed E-state index contributed by atoms with van der Waals surface area (Å²) in [6.45, 7) is 9.28. The van der Waals surface area contributed by atoms with Gasteiger partial charge in [0.05, 0.1) is 19.5 Å². The lowest BCUT2D eigenvalue weighted by Gasteiger charge is -2.12. The highest BCUT2D eigenvalue weighted by molar-refractivity contribution is 5.22. The summed E-state index contributed by atoms with van der Waals surface area (Å²) in [5, 5.41) is 0. The number of benzene rings is 2. The van der Waals surface area contributed by atoms with Crippen LogP contribution in [0.2, 0.25) is 0 Å². The van der Waals surface area contributed by atoms with E-state index in [-0.39, 0.29) is 0 Å². The van der Waals surface area contributed by atoms with Crippen molar-refractivity contribution in [1.29, 1.82) is 0 Å². The first-order valence-corrected chi connectivity index (χ1v) is 15.9. The average Bonchev–Trinajstić information content (AvgIpc) is 3.26. The molecule has 38 heavy (non-hydrogen) atoms. The molecule has 1 atom stereocenters. The first-order valence-electron chi connectivity index (χ1n) is 15.9. The standard InChI is InChI=1S/C36H55N2/c1-4-6-8-9-10-11-12-13-14-22-27-37-31-35(29-32(3)34-25-19-16-20-26-34)38(28-21-7-5-2)36(37)30-33-23-17-15-18-24-33/h15-20,23-26,31-32H,4-14,21-22,27-30H2,1-3H3/q+1. The number of rotatable bonds is 20. The van der Waals surface area contributed by atoms with E-state index in [2.05, 4.69) is 96.8 Å². The quantitative estimate of drug-likeness (QED) is 0.105. The fraction of sp³-hybridized carbons (Fsp3) is 0.583. The van der Waals surface area contributed by atoms with Gasteiger partial charge < -0.3 is 0 Å². The highest BCUT2D eigenvalue weighted by Gasteiger charge is 2.25. The van der Waals surface area contributed by atoms with E-state index >= 15 is 0 Å². The minimum atomic E-state index is 0.520. The third kappa shape index (κ3) is 10.4. The number of nitrogens with zero attached hydrogens (tertiary/aromatic N) is 2. The summed E-state index contributed by atoms with van der Waals surface area (Å²) >= 11 is 0. The Morgan fingerprint density at radius 1 is 0.658 bits per heavy atom. The van der Waals surface area contributed by atoms with Crippen molar-refractivity contribution in [1.82, 2.24) is 4.57 Å². The van der Waals surface area contributed by atoms with Gasteiger partial charge in [0.15, 0.2) is 0 Å². The van der Waals surface area contributed by atoms with Crippen molar-refractivity contribution in [3.8, 4) is 0 Å². The molecule has 1 heterocycles. The van der Waals surface area contributed by atoms with Crippen molar-refractivity contribution in [3.05, 3.63) is 89.5 Å². The van der Waals surface area contributed by atoms with Gasteiger partial charge in [-0.2, -0.15) is 0 Å². The summed E-state index contributed by atoms with van der Waals surface area (Å²) in [7, 11) is 0. The molecule has 2 heteroatoms. The smallest absolute Gasteiger partial charge is 0.234 e. The van der Waals surface area contributed by atoms with Crippen LogP contribution in [0.1, 0.15) is 133 Å². The van der Waals surface area contributed by atoms with Crippen LogP contribution in [0.3, 0.4) is 0 Å². The Balaban J connectivity index is 1.70. The molecule has 208 valence electrons. The number of imidazole rings is 1. The predicted molar refractivity (Wildman–Crippen MR) is 164 cm³/mol. The molecule has 3 aromatic rings. The zero-order valence-electron chi connectivity index (χ0n) is 24.8. The highest BCUT2D eigenvalue weighted by atomic mass is 15.2. The molecule has 0 aliphatic rings. The van der Waals surface area contributed by atoms with Crippen LogP contribution in [0.25, 0.3) is 0 Å². The minimum absolute atomic E-state index is 0.520. The Morgan fingerprint density at radius 3 is 1.84 bits per heavy atom. The lowest BCUT2D eigenvalue weighted by atomic mass is 9.96. The van der Waals surface area contributed by atoms with E-state index in [1.165, 1.54) is 106 Å². The van der Waals surface area contributed by atoms with Crippen molar-refractivity contribution in [2.24, 2.45) is 0 Å². The summed E-state index contributed by atoms with van der Waals surface area (Å²) in [6, 6.07) is 22.2. The normalized spacial score (nSPS) is 12.2. The van der Waals surface area contributed by atoms with Gasteiger partial charge in [-0.15, -0.1) is 0 Å². The van der Waals surface area contributed by atoms with E-state index in [1.54, 1.807) is 0 Å². The van der Waals surface area contributed by atoms with Gasteiger partial charge in [-0.05, 0) is 42.7 Å². The Kier molecular flexibility index (Phi) is 14.3. The van der Waals surface area contributed by atoms with Gasteiger partial charge in [0.2, 0.25) is 0 Å². The van der Waals surface area contributed by atoms with E-state index in [4.69, 9.17) is 0 Å². The Morgan fingerprint density at radius 2 is 1.21 bits per heavy atom. The molecule has 0 amide bonds. The second-order valence-corrected chi connectivity index (χ2v) is 11.4. The largest absolute Gasteiger partial charge is 0.261 e. The number of aryl methyl sites for hydroxylation is 1. The monoisotopic (exact) mass is 515 g/mol. The molecule has 0 N–H and O–H groups in total. The van der Waals surface area contributed by atoms with Crippen LogP contribution in [0.5, 0.6) is 0 Å². The van der Waals surface area contributed by atoms with Crippen LogP contribution in [0.15, 0.2) is 66.9 Å². The number of hydrogen-bond acceptors (Lipinski definition) is 0. The highest BCUT2D eigenvalue weighted by Crippen LogP contribution is 2.22. The second kappa shape index (κ2) is 18.0. The summed E-state index contributed by atoms with van der Waals surface area (Å²) in [6.07, 6.45) is 22.4. The van der Waals surface area contributed by atoms with Gasteiger partial charge in [-0.25, -0.2) is 9.13 Å². The molecule has 0 saturated heterocycles. The molecular weight excluding hydrogens is 460 g/mol. The van der Waals surface area contributed by atoms with E-state index in [0.29, 0.717) is 5.92 Å². The van der Waals surface area contributed by atoms with E-state index in [0.717, 1.165) is 25.9 Å². The summed E-state index contributed by atoms with van der Waals surface area (Å²) in [5.74, 6) is 2.02. The maximum Gasteiger partial charge on any atom is 0.261 e. The molecule has 0 saturated carbocycles. The van der Waals surface area contributed by atoms with Gasteiger partial charge in [0.1, 0.15) is 11.9 Å². The van der Waals surface area contributed by atoms with E-state index < -0.39 is 0 Å². The van der Waals surface area contributed by atoms with E-state index in [1.807, 2.05) is 0 Å². The van der Waals surface area contributed by atoms with Crippen LogP contribution in [-0.4, -0.2) is 4.57 Å². The lowest BCUT2D eigenvalue weighted by Crippen LogP contribution is -2.37. The zero-order valence-corrected chi connectivity index (χ0v) is 24.8. The summed E-state index contributed by atoms with van der Waals surface area (Å²) in [5.41, 5.74) is 4.37. The lowest BCUT2D eigenvalue weighted by molar-refractivity contribution is -0.704. The molecule has 0 aliphatic carbocycles. The molecule has 3 rings (SSSR count). The van der Waals surface area contributed by atoms with Gasteiger partial charge in [-0.1, -0.05) is 139 Å². The summed E-state index contributed by atoms with van der Waals surface area (Å²) < 4.78 is 5.31. The molecule has 1 unspecified atom stereocenters. The Labute approximate surface area is 234 Å². The molecular formula is C36H55N2+. The maximum atomic E-state index is 2.69. The number of aromatic nitrogens is 2. The van der Waals surface area contributed by atoms with Crippen LogP contribution in [0.4, 0.5) is 0 Å². The Bertz CT molecular complexity index is 989. The Hall–Kier alpha value is -2.35. The van der Waals surface area contributed by atoms with Crippen LogP contribution in [-0.2, 0) is 25.9 Å². The maximum absolute atomic E-state index is 2.69. The van der Waals surface area contributed by atoms with Gasteiger partial charge in [0, 0.05) is 6.42 Å². The molecule has 1 aromatic heterocycles. The van der Waals surface area contributed by atoms with Gasteiger partial charge >= 0.3 is 0 Å². The molecule has 0 radical (unpaired) electrons. The molecule has 0 spiro atoms. The predicted octanol–water partition coefficient (Wildman–Crippen LogP) is 9.82. The molecule has 2 aromatic carbocycles. The molecule has 0 bridgehead atoms. The van der Waals surface area contributed by atoms with Crippen molar-refractivity contribution in [2.45, 2.75) is 136 Å². The minimum Gasteiger partial charge on any atom is -0.234 e. The van der Waals surface area contributed by atoms with Crippen molar-refractivity contribution in [2.75, 3.05) is 0 Å². The van der Waals surface area contributed by atoms with Crippen LogP contribution < -0.4 is 4.57 Å². The first kappa shape index (κ1) is 30.2. The zero-order chi connectivity index (χ0) is 26.8. The topological polar surface area (TPSA) is 8.81 Å². The van der Waals surface area contributed by atoms with Crippen LogP contribution >= 0.6 is 0 Å². The second-order valence-electron chi connectivity index (χ2n) is 11.4. The van der Waals surface area contributed by atoms with Crippen LogP contribution in [0, 0.1) is 0 Å². The van der Waals surface area contributed by atoms with Crippen molar-refractivity contribution >= 4 is 0 Å². The fourth-order valence-electron chi connectivity index (χ4n) is 5.75. The number of unbranched alkanes of at least 4 members (excludes halogenated alkanes) is 11. The van der Waals surface area contributed by atoms with Crippen molar-refractivity contribution < 1.29 is 4.57 Å². The van der Waals surface area contributed by atoms with E-state index in [9.17, 15) is 0 Å². The SMILES string of the molecule is CCCCCCCCCCCC[n+]1cc(CC(C)c2ccccc2)n(CCCCC)c1Cc1ccccc1. The first-order chi connectivity index (χ1) is 18.7. The average molecular weight is 516 g/mol. The third-order valence-corrected chi connectivity index (χ3v) is 8.12. The summed E-state index contributed by atoms with van der Waals surface area (Å²) in [4.78, 5) is 0.